The second-order valence-corrected chi connectivity index (χ2v) is 5.74. The van der Waals surface area contributed by atoms with E-state index in [-0.39, 0.29) is 33.7 Å². The molecule has 1 rings (SSSR count). The van der Waals surface area contributed by atoms with Crippen molar-refractivity contribution in [2.24, 2.45) is 0 Å². The van der Waals surface area contributed by atoms with Gasteiger partial charge in [-0.2, -0.15) is 0 Å². The molecule has 0 atom stereocenters. The van der Waals surface area contributed by atoms with Crippen LogP contribution in [0.1, 0.15) is 31.1 Å². The lowest BCUT2D eigenvalue weighted by Gasteiger charge is -2.20. The van der Waals surface area contributed by atoms with Crippen LogP contribution in [0.25, 0.3) is 0 Å². The molecule has 1 aromatic rings. The molecule has 0 aliphatic heterocycles. The topological polar surface area (TPSA) is 71.1 Å². The van der Waals surface area contributed by atoms with Crippen LogP contribution in [0.3, 0.4) is 0 Å². The maximum Gasteiger partial charge on any atom is 0.253 e. The summed E-state index contributed by atoms with van der Waals surface area (Å²) >= 11 is 11.4. The smallest absolute Gasteiger partial charge is 0.253 e. The number of hydrogen-bond donors (Lipinski definition) is 2. The van der Waals surface area contributed by atoms with E-state index >= 15 is 0 Å². The fourth-order valence-electron chi connectivity index (χ4n) is 1.27. The van der Waals surface area contributed by atoms with Crippen LogP contribution in [-0.4, -0.2) is 28.9 Å². The van der Waals surface area contributed by atoms with Crippen LogP contribution < -0.4 is 10.6 Å². The van der Waals surface area contributed by atoms with Gasteiger partial charge in [-0.15, -0.1) is 0 Å². The Hall–Kier alpha value is -1.33. The van der Waals surface area contributed by atoms with E-state index in [1.165, 1.54) is 12.3 Å². The summed E-state index contributed by atoms with van der Waals surface area (Å²) in [6, 6.07) is 1.40. The van der Waals surface area contributed by atoms with Gasteiger partial charge in [-0.25, -0.2) is 4.98 Å². The highest BCUT2D eigenvalue weighted by molar-refractivity contribution is 6.41. The third-order valence-electron chi connectivity index (χ3n) is 1.98. The number of nitrogens with one attached hydrogen (secondary N) is 2. The number of amides is 2. The summed E-state index contributed by atoms with van der Waals surface area (Å²) in [5.74, 6) is -0.705. The number of aromatic nitrogens is 1. The van der Waals surface area contributed by atoms with Gasteiger partial charge in [0.1, 0.15) is 5.15 Å². The molecule has 104 valence electrons. The molecule has 0 spiro atoms. The van der Waals surface area contributed by atoms with Gasteiger partial charge in [0.15, 0.2) is 0 Å². The van der Waals surface area contributed by atoms with Crippen molar-refractivity contribution in [3.8, 4) is 0 Å². The number of pyridine rings is 1. The molecule has 5 nitrogen and oxygen atoms in total. The number of carbonyl (C=O) groups is 2. The molecular weight excluding hydrogens is 289 g/mol. The van der Waals surface area contributed by atoms with Crippen LogP contribution in [0.5, 0.6) is 0 Å². The molecular formula is C12H15Cl2N3O2. The van der Waals surface area contributed by atoms with Crippen LogP contribution in [0.15, 0.2) is 12.3 Å². The highest BCUT2D eigenvalue weighted by Gasteiger charge is 2.15. The maximum absolute atomic E-state index is 11.7. The van der Waals surface area contributed by atoms with E-state index in [2.05, 4.69) is 15.6 Å². The minimum absolute atomic E-state index is 0.115. The number of carbonyl (C=O) groups excluding carboxylic acids is 2. The summed E-state index contributed by atoms with van der Waals surface area (Å²) in [5, 5.41) is 5.52. The number of hydrogen-bond acceptors (Lipinski definition) is 3. The minimum Gasteiger partial charge on any atom is -0.350 e. The highest BCUT2D eigenvalue weighted by atomic mass is 35.5. The predicted octanol–water partition coefficient (Wildman–Crippen LogP) is 2.03. The maximum atomic E-state index is 11.7. The Balaban J connectivity index is 2.56. The Morgan fingerprint density at radius 1 is 1.32 bits per heavy atom. The first-order chi connectivity index (χ1) is 8.69. The van der Waals surface area contributed by atoms with Gasteiger partial charge in [0, 0.05) is 11.7 Å². The first-order valence-corrected chi connectivity index (χ1v) is 6.35. The van der Waals surface area contributed by atoms with Crippen molar-refractivity contribution in [3.63, 3.8) is 0 Å². The van der Waals surface area contributed by atoms with Gasteiger partial charge in [0.2, 0.25) is 5.91 Å². The molecule has 0 aliphatic rings. The molecule has 0 fully saturated rings. The third kappa shape index (κ3) is 5.44. The summed E-state index contributed by atoms with van der Waals surface area (Å²) in [4.78, 5) is 27.0. The van der Waals surface area contributed by atoms with Crippen molar-refractivity contribution >= 4 is 35.0 Å². The lowest BCUT2D eigenvalue weighted by molar-refractivity contribution is -0.121. The standard InChI is InChI=1S/C12H15Cl2N3O2/c1-12(2,3)17-9(18)6-16-11(19)7-4-8(13)10(14)15-5-7/h4-5H,6H2,1-3H3,(H,16,19)(H,17,18). The van der Waals surface area contributed by atoms with Crippen molar-refractivity contribution in [1.29, 1.82) is 0 Å². The molecule has 2 N–H and O–H groups in total. The molecule has 1 heterocycles. The number of halogens is 2. The van der Waals surface area contributed by atoms with E-state index in [0.29, 0.717) is 0 Å². The van der Waals surface area contributed by atoms with Crippen molar-refractivity contribution in [2.75, 3.05) is 6.54 Å². The average molecular weight is 304 g/mol. The Labute approximate surface area is 121 Å². The van der Waals surface area contributed by atoms with E-state index in [9.17, 15) is 9.59 Å². The van der Waals surface area contributed by atoms with E-state index < -0.39 is 5.91 Å². The van der Waals surface area contributed by atoms with E-state index in [4.69, 9.17) is 23.2 Å². The predicted molar refractivity (Wildman–Crippen MR) is 74.5 cm³/mol. The Morgan fingerprint density at radius 3 is 2.47 bits per heavy atom. The third-order valence-corrected chi connectivity index (χ3v) is 2.67. The van der Waals surface area contributed by atoms with Crippen molar-refractivity contribution in [3.05, 3.63) is 28.0 Å². The van der Waals surface area contributed by atoms with Gasteiger partial charge in [-0.05, 0) is 26.8 Å². The second-order valence-electron chi connectivity index (χ2n) is 4.98. The quantitative estimate of drug-likeness (QED) is 0.839. The van der Waals surface area contributed by atoms with Gasteiger partial charge in [-0.1, -0.05) is 23.2 Å². The molecule has 2 amide bonds. The zero-order chi connectivity index (χ0) is 14.6. The van der Waals surface area contributed by atoms with E-state index in [1.807, 2.05) is 20.8 Å². The van der Waals surface area contributed by atoms with Crippen molar-refractivity contribution in [2.45, 2.75) is 26.3 Å². The van der Waals surface area contributed by atoms with Gasteiger partial charge in [0.05, 0.1) is 17.1 Å². The molecule has 7 heteroatoms. The average Bonchev–Trinajstić information content (AvgIpc) is 2.27. The first kappa shape index (κ1) is 15.7. The SMILES string of the molecule is CC(C)(C)NC(=O)CNC(=O)c1cnc(Cl)c(Cl)c1. The van der Waals surface area contributed by atoms with E-state index in [1.54, 1.807) is 0 Å². The fraction of sp³-hybridized carbons (Fsp3) is 0.417. The summed E-state index contributed by atoms with van der Waals surface area (Å²) in [7, 11) is 0. The molecule has 1 aromatic heterocycles. The molecule has 0 saturated heterocycles. The lowest BCUT2D eigenvalue weighted by Crippen LogP contribution is -2.45. The fourth-order valence-corrected chi connectivity index (χ4v) is 1.54. The first-order valence-electron chi connectivity index (χ1n) is 5.59. The van der Waals surface area contributed by atoms with Crippen LogP contribution in [0, 0.1) is 0 Å². The monoisotopic (exact) mass is 303 g/mol. The van der Waals surface area contributed by atoms with Gasteiger partial charge >= 0.3 is 0 Å². The summed E-state index contributed by atoms with van der Waals surface area (Å²) < 4.78 is 0. The molecule has 0 aromatic carbocycles. The van der Waals surface area contributed by atoms with Gasteiger partial charge in [-0.3, -0.25) is 9.59 Å². The Kier molecular flexibility index (Phi) is 5.14. The summed E-state index contributed by atoms with van der Waals surface area (Å²) in [6.07, 6.45) is 1.30. The Bertz CT molecular complexity index is 498. The van der Waals surface area contributed by atoms with Crippen LogP contribution in [-0.2, 0) is 4.79 Å². The van der Waals surface area contributed by atoms with Gasteiger partial charge < -0.3 is 10.6 Å². The van der Waals surface area contributed by atoms with E-state index in [0.717, 1.165) is 0 Å². The lowest BCUT2D eigenvalue weighted by atomic mass is 10.1. The zero-order valence-electron chi connectivity index (χ0n) is 10.9. The van der Waals surface area contributed by atoms with Crippen LogP contribution in [0.2, 0.25) is 10.2 Å². The molecule has 0 bridgehead atoms. The van der Waals surface area contributed by atoms with Crippen LogP contribution in [0.4, 0.5) is 0 Å². The van der Waals surface area contributed by atoms with Crippen molar-refractivity contribution in [1.82, 2.24) is 15.6 Å². The van der Waals surface area contributed by atoms with Gasteiger partial charge in [0.25, 0.3) is 5.91 Å². The molecule has 19 heavy (non-hydrogen) atoms. The zero-order valence-corrected chi connectivity index (χ0v) is 12.4. The van der Waals surface area contributed by atoms with Crippen molar-refractivity contribution < 1.29 is 9.59 Å². The Morgan fingerprint density at radius 2 is 1.95 bits per heavy atom. The van der Waals surface area contributed by atoms with Crippen LogP contribution >= 0.6 is 23.2 Å². The summed E-state index contributed by atoms with van der Waals surface area (Å²) in [6.45, 7) is 5.46. The molecule has 0 aliphatic carbocycles. The second kappa shape index (κ2) is 6.21. The number of nitrogens with zero attached hydrogens (tertiary/aromatic N) is 1. The minimum atomic E-state index is -0.435. The molecule has 0 radical (unpaired) electrons. The molecule has 0 unspecified atom stereocenters. The summed E-state index contributed by atoms with van der Waals surface area (Å²) in [5.41, 5.74) is -0.0922. The highest BCUT2D eigenvalue weighted by Crippen LogP contribution is 2.19. The largest absolute Gasteiger partial charge is 0.350 e. The number of rotatable bonds is 3. The normalized spacial score (nSPS) is 11.0. The molecule has 0 saturated carbocycles.